The fourth-order valence-electron chi connectivity index (χ4n) is 4.94. The van der Waals surface area contributed by atoms with Crippen LogP contribution in [0.3, 0.4) is 0 Å². The molecule has 0 saturated heterocycles. The van der Waals surface area contributed by atoms with E-state index >= 15 is 0 Å². The number of aromatic hydroxyl groups is 1. The lowest BCUT2D eigenvalue weighted by molar-refractivity contribution is -0.140. The van der Waals surface area contributed by atoms with Crippen LogP contribution in [0.4, 0.5) is 10.5 Å². The summed E-state index contributed by atoms with van der Waals surface area (Å²) in [5, 5.41) is 15.5. The summed E-state index contributed by atoms with van der Waals surface area (Å²) >= 11 is 0. The Kier molecular flexibility index (Phi) is 11.8. The SMILES string of the molecule is CCCCN(C(=O)C(Cc1ccc(O)cc1)NC(=O)OC(C)(C)C)C(C(=O)Nc1ccc(OC)cc1)c1cc(C)cc(C)c1. The molecule has 0 aliphatic heterocycles. The Morgan fingerprint density at radius 1 is 0.932 bits per heavy atom. The van der Waals surface area contributed by atoms with Gasteiger partial charge in [0.25, 0.3) is 5.91 Å². The molecule has 0 aromatic heterocycles. The highest BCUT2D eigenvalue weighted by Gasteiger charge is 2.36. The Labute approximate surface area is 260 Å². The summed E-state index contributed by atoms with van der Waals surface area (Å²) < 4.78 is 10.8. The largest absolute Gasteiger partial charge is 0.508 e. The van der Waals surface area contributed by atoms with Gasteiger partial charge in [0.2, 0.25) is 5.91 Å². The Morgan fingerprint density at radius 3 is 2.09 bits per heavy atom. The average molecular weight is 604 g/mol. The third-order valence-corrected chi connectivity index (χ3v) is 6.88. The second kappa shape index (κ2) is 15.3. The number of hydrogen-bond donors (Lipinski definition) is 3. The van der Waals surface area contributed by atoms with Gasteiger partial charge in [0.15, 0.2) is 0 Å². The number of amides is 3. The van der Waals surface area contributed by atoms with Gasteiger partial charge in [-0.2, -0.15) is 0 Å². The number of carbonyl (C=O) groups is 3. The molecule has 0 aliphatic carbocycles. The lowest BCUT2D eigenvalue weighted by atomic mass is 9.97. The number of anilines is 1. The minimum absolute atomic E-state index is 0.0892. The number of hydrogen-bond acceptors (Lipinski definition) is 6. The minimum Gasteiger partial charge on any atom is -0.508 e. The van der Waals surface area contributed by atoms with Gasteiger partial charge >= 0.3 is 6.09 Å². The Morgan fingerprint density at radius 2 is 1.55 bits per heavy atom. The highest BCUT2D eigenvalue weighted by molar-refractivity contribution is 5.99. The van der Waals surface area contributed by atoms with Crippen molar-refractivity contribution in [1.29, 1.82) is 0 Å². The summed E-state index contributed by atoms with van der Waals surface area (Å²) in [6.07, 6.45) is 0.809. The number of rotatable bonds is 12. The van der Waals surface area contributed by atoms with Gasteiger partial charge in [0.05, 0.1) is 7.11 Å². The zero-order chi connectivity index (χ0) is 32.4. The predicted molar refractivity (Wildman–Crippen MR) is 172 cm³/mol. The first-order valence-corrected chi connectivity index (χ1v) is 14.9. The quantitative estimate of drug-likeness (QED) is 0.219. The number of phenols is 1. The number of nitrogens with one attached hydrogen (secondary N) is 2. The van der Waals surface area contributed by atoms with Gasteiger partial charge in [-0.25, -0.2) is 4.79 Å². The molecule has 236 valence electrons. The zero-order valence-electron chi connectivity index (χ0n) is 26.8. The topological polar surface area (TPSA) is 117 Å². The standard InChI is InChI=1S/C35H45N3O6/c1-8-9-18-38(33(41)30(37-34(42)44-35(4,5)6)22-25-10-14-28(39)15-11-25)31(26-20-23(2)19-24(3)21-26)32(40)36-27-12-16-29(43-7)17-13-27/h10-17,19-21,30-31,39H,8-9,18,22H2,1-7H3,(H,36,40)(H,37,42). The van der Waals surface area contributed by atoms with Crippen LogP contribution in [0.1, 0.15) is 68.8 Å². The maximum Gasteiger partial charge on any atom is 0.408 e. The van der Waals surface area contributed by atoms with Crippen molar-refractivity contribution in [2.24, 2.45) is 0 Å². The van der Waals surface area contributed by atoms with Crippen LogP contribution < -0.4 is 15.4 Å². The lowest BCUT2D eigenvalue weighted by Gasteiger charge is -2.35. The molecule has 9 heteroatoms. The fourth-order valence-corrected chi connectivity index (χ4v) is 4.94. The minimum atomic E-state index is -1.05. The molecule has 3 amide bonds. The number of phenolic OH excluding ortho intramolecular Hbond substituents is 1. The van der Waals surface area contributed by atoms with Crippen LogP contribution in [0.15, 0.2) is 66.7 Å². The third kappa shape index (κ3) is 10.0. The smallest absolute Gasteiger partial charge is 0.408 e. The summed E-state index contributed by atoms with van der Waals surface area (Å²) in [6.45, 7) is 11.4. The van der Waals surface area contributed by atoms with E-state index in [9.17, 15) is 19.5 Å². The molecule has 2 atom stereocenters. The van der Waals surface area contributed by atoms with Crippen LogP contribution >= 0.6 is 0 Å². The molecule has 0 fully saturated rings. The summed E-state index contributed by atoms with van der Waals surface area (Å²) in [6, 6.07) is 17.2. The molecule has 0 radical (unpaired) electrons. The van der Waals surface area contributed by atoms with Gasteiger partial charge in [-0.05, 0) is 88.6 Å². The van der Waals surface area contributed by atoms with E-state index in [-0.39, 0.29) is 24.6 Å². The molecule has 9 nitrogen and oxygen atoms in total. The van der Waals surface area contributed by atoms with Gasteiger partial charge in [-0.3, -0.25) is 9.59 Å². The van der Waals surface area contributed by atoms with Gasteiger partial charge in [-0.15, -0.1) is 0 Å². The number of methoxy groups -OCH3 is 1. The van der Waals surface area contributed by atoms with E-state index in [2.05, 4.69) is 10.6 Å². The van der Waals surface area contributed by atoms with Crippen LogP contribution in [0, 0.1) is 13.8 Å². The van der Waals surface area contributed by atoms with Crippen LogP contribution in [-0.4, -0.2) is 53.2 Å². The maximum atomic E-state index is 14.6. The Hall–Kier alpha value is -4.53. The highest BCUT2D eigenvalue weighted by Crippen LogP contribution is 2.28. The number of alkyl carbamates (subject to hydrolysis) is 1. The van der Waals surface area contributed by atoms with Crippen molar-refractivity contribution in [1.82, 2.24) is 10.2 Å². The van der Waals surface area contributed by atoms with Crippen molar-refractivity contribution in [3.05, 3.63) is 89.0 Å². The molecule has 3 rings (SSSR count). The first kappa shape index (κ1) is 34.0. The monoisotopic (exact) mass is 603 g/mol. The first-order chi connectivity index (χ1) is 20.8. The lowest BCUT2D eigenvalue weighted by Crippen LogP contribution is -2.53. The molecular formula is C35H45N3O6. The molecule has 3 aromatic carbocycles. The second-order valence-electron chi connectivity index (χ2n) is 12.0. The second-order valence-corrected chi connectivity index (χ2v) is 12.0. The van der Waals surface area contributed by atoms with E-state index in [0.29, 0.717) is 23.4 Å². The Bertz CT molecular complexity index is 1390. The van der Waals surface area contributed by atoms with Crippen LogP contribution in [0.5, 0.6) is 11.5 Å². The number of carbonyl (C=O) groups excluding carboxylic acids is 3. The zero-order valence-corrected chi connectivity index (χ0v) is 26.8. The maximum absolute atomic E-state index is 14.6. The molecular weight excluding hydrogens is 558 g/mol. The summed E-state index contributed by atoms with van der Waals surface area (Å²) in [5.41, 5.74) is 3.07. The number of aryl methyl sites for hydroxylation is 2. The Balaban J connectivity index is 2.08. The number of nitrogens with zero attached hydrogens (tertiary/aromatic N) is 1. The molecule has 44 heavy (non-hydrogen) atoms. The molecule has 3 aromatic rings. The van der Waals surface area contributed by atoms with Crippen molar-refractivity contribution in [3.63, 3.8) is 0 Å². The average Bonchev–Trinajstić information content (AvgIpc) is 2.94. The van der Waals surface area contributed by atoms with E-state index in [1.165, 1.54) is 12.1 Å². The number of unbranched alkanes of at least 4 members (excludes halogenated alkanes) is 1. The summed E-state index contributed by atoms with van der Waals surface area (Å²) in [7, 11) is 1.57. The van der Waals surface area contributed by atoms with Crippen molar-refractivity contribution < 1.29 is 29.0 Å². The van der Waals surface area contributed by atoms with Crippen LogP contribution in [-0.2, 0) is 20.7 Å². The van der Waals surface area contributed by atoms with Gasteiger partial charge in [0.1, 0.15) is 29.2 Å². The molecule has 0 heterocycles. The van der Waals surface area contributed by atoms with Gasteiger partial charge < -0.3 is 30.1 Å². The summed E-state index contributed by atoms with van der Waals surface area (Å²) in [5.74, 6) is -0.0676. The molecule has 3 N–H and O–H groups in total. The summed E-state index contributed by atoms with van der Waals surface area (Å²) in [4.78, 5) is 43.2. The van der Waals surface area contributed by atoms with E-state index in [1.54, 1.807) is 69.2 Å². The normalized spacial score (nSPS) is 12.5. The van der Waals surface area contributed by atoms with E-state index in [0.717, 1.165) is 23.1 Å². The van der Waals surface area contributed by atoms with Gasteiger partial charge in [0, 0.05) is 18.7 Å². The van der Waals surface area contributed by atoms with Crippen LogP contribution in [0.2, 0.25) is 0 Å². The number of ether oxygens (including phenoxy) is 2. The predicted octanol–water partition coefficient (Wildman–Crippen LogP) is 6.46. The van der Waals surface area contributed by atoms with Crippen LogP contribution in [0.25, 0.3) is 0 Å². The fraction of sp³-hybridized carbons (Fsp3) is 0.400. The third-order valence-electron chi connectivity index (χ3n) is 6.88. The first-order valence-electron chi connectivity index (χ1n) is 14.9. The van der Waals surface area contributed by atoms with Crippen molar-refractivity contribution >= 4 is 23.6 Å². The van der Waals surface area contributed by atoms with Gasteiger partial charge in [-0.1, -0.05) is 54.8 Å². The highest BCUT2D eigenvalue weighted by atomic mass is 16.6. The molecule has 0 spiro atoms. The molecule has 0 saturated carbocycles. The van der Waals surface area contributed by atoms with E-state index < -0.39 is 29.7 Å². The van der Waals surface area contributed by atoms with Crippen molar-refractivity contribution in [2.75, 3.05) is 19.0 Å². The molecule has 0 aliphatic rings. The van der Waals surface area contributed by atoms with E-state index in [1.807, 2.05) is 39.0 Å². The number of benzene rings is 3. The van der Waals surface area contributed by atoms with Crippen molar-refractivity contribution in [2.45, 2.75) is 78.5 Å². The molecule has 2 unspecified atom stereocenters. The van der Waals surface area contributed by atoms with E-state index in [4.69, 9.17) is 9.47 Å². The molecule has 0 bridgehead atoms. The van der Waals surface area contributed by atoms with Crippen molar-refractivity contribution in [3.8, 4) is 11.5 Å².